The molecule has 2 N–H and O–H groups in total. The van der Waals surface area contributed by atoms with E-state index in [1.54, 1.807) is 0 Å². The van der Waals surface area contributed by atoms with Crippen LogP contribution in [0.25, 0.3) is 0 Å². The SMILES string of the molecule is CCCn1c(CO)n[nH]c1=O. The number of aliphatic hydroxyl groups excluding tert-OH is 1. The molecule has 1 rings (SSSR count). The van der Waals surface area contributed by atoms with Gasteiger partial charge in [-0.3, -0.25) is 4.57 Å². The van der Waals surface area contributed by atoms with Gasteiger partial charge >= 0.3 is 5.69 Å². The monoisotopic (exact) mass is 157 g/mol. The fourth-order valence-corrected chi connectivity index (χ4v) is 0.925. The van der Waals surface area contributed by atoms with Gasteiger partial charge in [-0.15, -0.1) is 0 Å². The van der Waals surface area contributed by atoms with Crippen molar-refractivity contribution in [2.75, 3.05) is 0 Å². The first-order chi connectivity index (χ1) is 5.29. The third-order valence-electron chi connectivity index (χ3n) is 1.43. The average Bonchev–Trinajstić information content (AvgIpc) is 2.34. The topological polar surface area (TPSA) is 70.9 Å². The second kappa shape index (κ2) is 3.34. The van der Waals surface area contributed by atoms with Crippen molar-refractivity contribution >= 4 is 0 Å². The van der Waals surface area contributed by atoms with Crippen LogP contribution in [-0.4, -0.2) is 19.9 Å². The fraction of sp³-hybridized carbons (Fsp3) is 0.667. The molecular weight excluding hydrogens is 146 g/mol. The molecule has 0 aromatic carbocycles. The van der Waals surface area contributed by atoms with E-state index in [4.69, 9.17) is 5.11 Å². The first-order valence-electron chi connectivity index (χ1n) is 3.54. The number of nitrogens with zero attached hydrogens (tertiary/aromatic N) is 2. The minimum atomic E-state index is -0.254. The zero-order chi connectivity index (χ0) is 8.27. The molecule has 0 saturated heterocycles. The number of H-pyrrole nitrogens is 1. The number of aliphatic hydroxyl groups is 1. The van der Waals surface area contributed by atoms with Gasteiger partial charge in [0.1, 0.15) is 6.61 Å². The van der Waals surface area contributed by atoms with Crippen molar-refractivity contribution in [3.05, 3.63) is 16.3 Å². The van der Waals surface area contributed by atoms with E-state index >= 15 is 0 Å². The van der Waals surface area contributed by atoms with Crippen LogP contribution < -0.4 is 5.69 Å². The maximum Gasteiger partial charge on any atom is 0.343 e. The van der Waals surface area contributed by atoms with Gasteiger partial charge < -0.3 is 5.11 Å². The van der Waals surface area contributed by atoms with Crippen molar-refractivity contribution in [1.29, 1.82) is 0 Å². The van der Waals surface area contributed by atoms with E-state index in [1.165, 1.54) is 4.57 Å². The Morgan fingerprint density at radius 3 is 3.00 bits per heavy atom. The highest BCUT2D eigenvalue weighted by atomic mass is 16.3. The van der Waals surface area contributed by atoms with Crippen molar-refractivity contribution in [3.8, 4) is 0 Å². The van der Waals surface area contributed by atoms with Crippen LogP contribution in [0.4, 0.5) is 0 Å². The molecule has 5 nitrogen and oxygen atoms in total. The summed E-state index contributed by atoms with van der Waals surface area (Å²) in [5.41, 5.74) is -0.254. The summed E-state index contributed by atoms with van der Waals surface area (Å²) in [4.78, 5) is 10.9. The van der Waals surface area contributed by atoms with E-state index in [0.29, 0.717) is 12.4 Å². The molecule has 0 aliphatic rings. The molecule has 0 fully saturated rings. The standard InChI is InChI=1S/C6H11N3O2/c1-2-3-9-5(4-10)7-8-6(9)11/h10H,2-4H2,1H3,(H,8,11). The predicted molar refractivity (Wildman–Crippen MR) is 39.1 cm³/mol. The largest absolute Gasteiger partial charge is 0.388 e. The van der Waals surface area contributed by atoms with Gasteiger partial charge in [0.15, 0.2) is 5.82 Å². The lowest BCUT2D eigenvalue weighted by Crippen LogP contribution is -2.18. The Labute approximate surface area is 63.7 Å². The fourth-order valence-electron chi connectivity index (χ4n) is 0.925. The van der Waals surface area contributed by atoms with Gasteiger partial charge in [0.25, 0.3) is 0 Å². The normalized spacial score (nSPS) is 10.4. The summed E-state index contributed by atoms with van der Waals surface area (Å²) in [6, 6.07) is 0. The molecule has 1 aromatic heterocycles. The summed E-state index contributed by atoms with van der Waals surface area (Å²) >= 11 is 0. The van der Waals surface area contributed by atoms with Gasteiger partial charge in [-0.25, -0.2) is 9.89 Å². The molecule has 0 amide bonds. The van der Waals surface area contributed by atoms with Crippen LogP contribution in [0.2, 0.25) is 0 Å². The molecule has 0 radical (unpaired) electrons. The molecule has 0 aliphatic heterocycles. The first-order valence-corrected chi connectivity index (χ1v) is 3.54. The Morgan fingerprint density at radius 1 is 1.73 bits per heavy atom. The number of aromatic nitrogens is 3. The number of rotatable bonds is 3. The second-order valence-electron chi connectivity index (χ2n) is 2.25. The van der Waals surface area contributed by atoms with Gasteiger partial charge in [-0.2, -0.15) is 5.10 Å². The summed E-state index contributed by atoms with van der Waals surface area (Å²) in [6.07, 6.45) is 0.854. The van der Waals surface area contributed by atoms with Gasteiger partial charge in [0.2, 0.25) is 0 Å². The van der Waals surface area contributed by atoms with Crippen molar-refractivity contribution in [3.63, 3.8) is 0 Å². The Hall–Kier alpha value is -1.10. The smallest absolute Gasteiger partial charge is 0.343 e. The third-order valence-corrected chi connectivity index (χ3v) is 1.43. The van der Waals surface area contributed by atoms with Crippen molar-refractivity contribution in [2.45, 2.75) is 26.5 Å². The van der Waals surface area contributed by atoms with E-state index in [0.717, 1.165) is 6.42 Å². The van der Waals surface area contributed by atoms with Crippen molar-refractivity contribution in [1.82, 2.24) is 14.8 Å². The van der Waals surface area contributed by atoms with E-state index in [1.807, 2.05) is 6.92 Å². The molecule has 0 spiro atoms. The lowest BCUT2D eigenvalue weighted by Gasteiger charge is -1.98. The lowest BCUT2D eigenvalue weighted by molar-refractivity contribution is 0.264. The minimum absolute atomic E-state index is 0.196. The summed E-state index contributed by atoms with van der Waals surface area (Å²) in [5.74, 6) is 0.400. The number of hydrogen-bond acceptors (Lipinski definition) is 3. The maximum atomic E-state index is 10.9. The Balaban J connectivity index is 2.97. The second-order valence-corrected chi connectivity index (χ2v) is 2.25. The van der Waals surface area contributed by atoms with E-state index in [-0.39, 0.29) is 12.3 Å². The zero-order valence-electron chi connectivity index (χ0n) is 6.37. The minimum Gasteiger partial charge on any atom is -0.388 e. The molecular formula is C6H11N3O2. The van der Waals surface area contributed by atoms with E-state index in [2.05, 4.69) is 10.2 Å². The zero-order valence-corrected chi connectivity index (χ0v) is 6.37. The molecule has 1 aromatic rings. The molecule has 1 heterocycles. The highest BCUT2D eigenvalue weighted by Crippen LogP contribution is 1.91. The van der Waals surface area contributed by atoms with Crippen molar-refractivity contribution in [2.24, 2.45) is 0 Å². The average molecular weight is 157 g/mol. The molecule has 62 valence electrons. The van der Waals surface area contributed by atoms with Crippen LogP contribution in [0.15, 0.2) is 4.79 Å². The van der Waals surface area contributed by atoms with Gasteiger partial charge in [-0.1, -0.05) is 6.92 Å². The van der Waals surface area contributed by atoms with Gasteiger partial charge in [0.05, 0.1) is 0 Å². The number of hydrogen-bond donors (Lipinski definition) is 2. The molecule has 0 aliphatic carbocycles. The summed E-state index contributed by atoms with van der Waals surface area (Å²) in [7, 11) is 0. The molecule has 0 saturated carbocycles. The Bertz CT molecular complexity index is 276. The lowest BCUT2D eigenvalue weighted by atomic mass is 10.4. The van der Waals surface area contributed by atoms with E-state index < -0.39 is 0 Å². The molecule has 5 heteroatoms. The van der Waals surface area contributed by atoms with Crippen LogP contribution in [0.1, 0.15) is 19.2 Å². The quantitative estimate of drug-likeness (QED) is 0.619. The van der Waals surface area contributed by atoms with Gasteiger partial charge in [-0.05, 0) is 6.42 Å². The van der Waals surface area contributed by atoms with Crippen LogP contribution in [0.3, 0.4) is 0 Å². The molecule has 0 unspecified atom stereocenters. The first kappa shape index (κ1) is 8.00. The number of aromatic amines is 1. The van der Waals surface area contributed by atoms with Crippen LogP contribution in [0.5, 0.6) is 0 Å². The Morgan fingerprint density at radius 2 is 2.45 bits per heavy atom. The Kier molecular flexibility index (Phi) is 2.43. The van der Waals surface area contributed by atoms with Crippen LogP contribution in [0, 0.1) is 0 Å². The number of nitrogens with one attached hydrogen (secondary N) is 1. The summed E-state index contributed by atoms with van der Waals surface area (Å²) in [5, 5.41) is 14.6. The highest BCUT2D eigenvalue weighted by Gasteiger charge is 2.03. The highest BCUT2D eigenvalue weighted by molar-refractivity contribution is 4.82. The summed E-state index contributed by atoms with van der Waals surface area (Å²) < 4.78 is 1.43. The van der Waals surface area contributed by atoms with Crippen LogP contribution >= 0.6 is 0 Å². The van der Waals surface area contributed by atoms with Gasteiger partial charge in [0, 0.05) is 6.54 Å². The molecule has 0 atom stereocenters. The maximum absolute atomic E-state index is 10.9. The molecule has 11 heavy (non-hydrogen) atoms. The third kappa shape index (κ3) is 1.48. The van der Waals surface area contributed by atoms with Crippen LogP contribution in [-0.2, 0) is 13.2 Å². The predicted octanol–water partition coefficient (Wildman–Crippen LogP) is -0.526. The summed E-state index contributed by atoms with van der Waals surface area (Å²) in [6.45, 7) is 2.37. The van der Waals surface area contributed by atoms with E-state index in [9.17, 15) is 4.79 Å². The molecule has 0 bridgehead atoms. The van der Waals surface area contributed by atoms with Crippen molar-refractivity contribution < 1.29 is 5.11 Å².